The number of carboxylic acid groups (broad SMARTS) is 1. The fourth-order valence-electron chi connectivity index (χ4n) is 5.16. The van der Waals surface area contributed by atoms with Gasteiger partial charge in [-0.2, -0.15) is 0 Å². The van der Waals surface area contributed by atoms with Crippen molar-refractivity contribution in [3.63, 3.8) is 0 Å². The first-order valence-electron chi connectivity index (χ1n) is 16.5. The molecule has 0 unspecified atom stereocenters. The average molecular weight is 538 g/mol. The van der Waals surface area contributed by atoms with Gasteiger partial charge in [0, 0.05) is 12.8 Å². The van der Waals surface area contributed by atoms with Crippen LogP contribution in [-0.2, 0) is 14.4 Å². The summed E-state index contributed by atoms with van der Waals surface area (Å²) in [7, 11) is 0. The smallest absolute Gasteiger partial charge is 0.326 e. The van der Waals surface area contributed by atoms with E-state index in [9.17, 15) is 19.5 Å². The molecule has 0 aliphatic carbocycles. The van der Waals surface area contributed by atoms with Crippen LogP contribution in [0.1, 0.15) is 188 Å². The Morgan fingerprint density at radius 2 is 0.711 bits per heavy atom. The minimum atomic E-state index is -1.12. The summed E-state index contributed by atoms with van der Waals surface area (Å²) in [5, 5.41) is 9.44. The maximum Gasteiger partial charge on any atom is 0.326 e. The quantitative estimate of drug-likeness (QED) is 0.101. The van der Waals surface area contributed by atoms with Crippen molar-refractivity contribution < 1.29 is 19.5 Å². The van der Waals surface area contributed by atoms with Gasteiger partial charge in [-0.15, -0.1) is 0 Å². The first-order chi connectivity index (χ1) is 18.5. The number of carbonyl (C=O) groups excluding carboxylic acids is 2. The molecule has 0 heterocycles. The van der Waals surface area contributed by atoms with Crippen molar-refractivity contribution in [1.29, 1.82) is 0 Å². The average Bonchev–Trinajstić information content (AvgIpc) is 2.90. The van der Waals surface area contributed by atoms with E-state index in [1.807, 2.05) is 0 Å². The van der Waals surface area contributed by atoms with E-state index in [4.69, 9.17) is 0 Å². The molecule has 0 radical (unpaired) electrons. The van der Waals surface area contributed by atoms with Gasteiger partial charge in [-0.25, -0.2) is 4.79 Å². The van der Waals surface area contributed by atoms with Gasteiger partial charge in [-0.05, 0) is 19.8 Å². The molecule has 1 N–H and O–H groups in total. The Morgan fingerprint density at radius 1 is 0.474 bits per heavy atom. The molecule has 0 rings (SSSR count). The van der Waals surface area contributed by atoms with Crippen molar-refractivity contribution in [3.05, 3.63) is 0 Å². The third-order valence-electron chi connectivity index (χ3n) is 7.77. The zero-order chi connectivity index (χ0) is 28.3. The van der Waals surface area contributed by atoms with Crippen LogP contribution in [0.15, 0.2) is 0 Å². The second-order valence-corrected chi connectivity index (χ2v) is 11.4. The van der Waals surface area contributed by atoms with E-state index >= 15 is 0 Å². The van der Waals surface area contributed by atoms with Crippen LogP contribution in [0.3, 0.4) is 0 Å². The van der Waals surface area contributed by atoms with Gasteiger partial charge < -0.3 is 5.11 Å². The third-order valence-corrected chi connectivity index (χ3v) is 7.77. The number of carbonyl (C=O) groups is 3. The SMILES string of the molecule is CCCCCCCCCCCCCCCCCC(=O)N(C(=O)CCCCCCCCCCC)[C@@H](C)C(=O)O. The van der Waals surface area contributed by atoms with Crippen LogP contribution >= 0.6 is 0 Å². The highest BCUT2D eigenvalue weighted by Crippen LogP contribution is 2.16. The highest BCUT2D eigenvalue weighted by molar-refractivity contribution is 5.99. The number of hydrogen-bond acceptors (Lipinski definition) is 3. The Morgan fingerprint density at radius 3 is 0.947 bits per heavy atom. The summed E-state index contributed by atoms with van der Waals surface area (Å²) >= 11 is 0. The summed E-state index contributed by atoms with van der Waals surface area (Å²) in [5.74, 6) is -1.76. The molecule has 0 bridgehead atoms. The molecule has 0 aliphatic heterocycles. The van der Waals surface area contributed by atoms with E-state index in [0.29, 0.717) is 0 Å². The molecule has 0 fully saturated rings. The molecule has 0 aromatic carbocycles. The highest BCUT2D eigenvalue weighted by atomic mass is 16.4. The summed E-state index contributed by atoms with van der Waals surface area (Å²) in [6.07, 6.45) is 29.8. The Labute approximate surface area is 235 Å². The second-order valence-electron chi connectivity index (χ2n) is 11.4. The summed E-state index contributed by atoms with van der Waals surface area (Å²) in [5.41, 5.74) is 0. The van der Waals surface area contributed by atoms with Crippen molar-refractivity contribution in [2.75, 3.05) is 0 Å². The highest BCUT2D eigenvalue weighted by Gasteiger charge is 2.30. The van der Waals surface area contributed by atoms with Gasteiger partial charge in [0.25, 0.3) is 0 Å². The van der Waals surface area contributed by atoms with E-state index < -0.39 is 12.0 Å². The predicted octanol–water partition coefficient (Wildman–Crippen LogP) is 10.00. The van der Waals surface area contributed by atoms with Crippen LogP contribution in [0.2, 0.25) is 0 Å². The zero-order valence-corrected chi connectivity index (χ0v) is 25.6. The first kappa shape index (κ1) is 36.6. The predicted molar refractivity (Wildman–Crippen MR) is 160 cm³/mol. The Bertz CT molecular complexity index is 577. The lowest BCUT2D eigenvalue weighted by Crippen LogP contribution is -2.47. The molecule has 224 valence electrons. The molecule has 38 heavy (non-hydrogen) atoms. The number of hydrogen-bond donors (Lipinski definition) is 1. The maximum absolute atomic E-state index is 12.8. The number of unbranched alkanes of at least 4 members (excludes halogenated alkanes) is 22. The van der Waals surface area contributed by atoms with Crippen LogP contribution in [0.4, 0.5) is 0 Å². The van der Waals surface area contributed by atoms with Crippen LogP contribution in [0, 0.1) is 0 Å². The standard InChI is InChI=1S/C33H63NO4/c1-4-6-8-10-12-14-15-16-17-18-19-21-23-25-27-29-32(36)34(30(3)33(37)38)31(35)28-26-24-22-20-13-11-9-7-5-2/h30H,4-29H2,1-3H3,(H,37,38)/t30-/m0/s1. The first-order valence-corrected chi connectivity index (χ1v) is 16.5. The number of carboxylic acids is 1. The van der Waals surface area contributed by atoms with E-state index in [0.717, 1.165) is 43.4 Å². The van der Waals surface area contributed by atoms with Crippen molar-refractivity contribution in [1.82, 2.24) is 4.90 Å². The summed E-state index contributed by atoms with van der Waals surface area (Å²) in [4.78, 5) is 38.1. The van der Waals surface area contributed by atoms with Gasteiger partial charge in [0.1, 0.15) is 6.04 Å². The van der Waals surface area contributed by atoms with Gasteiger partial charge in [-0.1, -0.05) is 155 Å². The minimum Gasteiger partial charge on any atom is -0.480 e. The Balaban J connectivity index is 3.96. The van der Waals surface area contributed by atoms with Crippen LogP contribution in [0.5, 0.6) is 0 Å². The largest absolute Gasteiger partial charge is 0.480 e. The van der Waals surface area contributed by atoms with Crippen molar-refractivity contribution in [2.24, 2.45) is 0 Å². The lowest BCUT2D eigenvalue weighted by molar-refractivity contribution is -0.157. The monoisotopic (exact) mass is 537 g/mol. The van der Waals surface area contributed by atoms with Crippen molar-refractivity contribution in [3.8, 4) is 0 Å². The number of rotatable bonds is 28. The fraction of sp³-hybridized carbons (Fsp3) is 0.909. The molecule has 0 saturated heterocycles. The summed E-state index contributed by atoms with van der Waals surface area (Å²) in [6, 6.07) is -1.09. The third kappa shape index (κ3) is 21.5. The van der Waals surface area contributed by atoms with Gasteiger partial charge in [0.15, 0.2) is 0 Å². The van der Waals surface area contributed by atoms with Crippen LogP contribution in [-0.4, -0.2) is 33.8 Å². The summed E-state index contributed by atoms with van der Waals surface area (Å²) in [6.45, 7) is 5.93. The lowest BCUT2D eigenvalue weighted by atomic mass is 10.0. The molecular weight excluding hydrogens is 474 g/mol. The molecule has 0 aromatic heterocycles. The van der Waals surface area contributed by atoms with E-state index in [1.165, 1.54) is 122 Å². The Hall–Kier alpha value is -1.39. The van der Waals surface area contributed by atoms with Crippen molar-refractivity contribution in [2.45, 2.75) is 194 Å². The topological polar surface area (TPSA) is 74.7 Å². The molecule has 0 spiro atoms. The molecule has 2 amide bonds. The van der Waals surface area contributed by atoms with E-state index in [2.05, 4.69) is 13.8 Å². The molecule has 1 atom stereocenters. The van der Waals surface area contributed by atoms with Gasteiger partial charge in [0.05, 0.1) is 0 Å². The van der Waals surface area contributed by atoms with Gasteiger partial charge in [-0.3, -0.25) is 14.5 Å². The van der Waals surface area contributed by atoms with Crippen LogP contribution < -0.4 is 0 Å². The normalized spacial score (nSPS) is 12.0. The number of aliphatic carboxylic acids is 1. The number of imide groups is 1. The van der Waals surface area contributed by atoms with Crippen LogP contribution in [0.25, 0.3) is 0 Å². The number of amides is 2. The molecule has 5 nitrogen and oxygen atoms in total. The number of nitrogens with zero attached hydrogens (tertiary/aromatic N) is 1. The lowest BCUT2D eigenvalue weighted by Gasteiger charge is -2.25. The van der Waals surface area contributed by atoms with E-state index in [-0.39, 0.29) is 24.7 Å². The minimum absolute atomic E-state index is 0.262. The summed E-state index contributed by atoms with van der Waals surface area (Å²) < 4.78 is 0. The van der Waals surface area contributed by atoms with Gasteiger partial charge >= 0.3 is 5.97 Å². The second kappa shape index (κ2) is 27.2. The molecular formula is C33H63NO4. The maximum atomic E-state index is 12.8. The molecule has 5 heteroatoms. The van der Waals surface area contributed by atoms with Gasteiger partial charge in [0.2, 0.25) is 11.8 Å². The molecule has 0 aliphatic rings. The van der Waals surface area contributed by atoms with E-state index in [1.54, 1.807) is 0 Å². The van der Waals surface area contributed by atoms with Crippen molar-refractivity contribution >= 4 is 17.8 Å². The molecule has 0 aromatic rings. The fourth-order valence-corrected chi connectivity index (χ4v) is 5.16. The molecule has 0 saturated carbocycles. The Kier molecular flexibility index (Phi) is 26.2. The zero-order valence-electron chi connectivity index (χ0n) is 25.6.